The van der Waals surface area contributed by atoms with Crippen LogP contribution in [0.5, 0.6) is 0 Å². The number of nitrogens with one attached hydrogen (secondary N) is 1. The highest BCUT2D eigenvalue weighted by Crippen LogP contribution is 2.48. The summed E-state index contributed by atoms with van der Waals surface area (Å²) in [4.78, 5) is 28.3. The van der Waals surface area contributed by atoms with E-state index in [0.29, 0.717) is 24.0 Å². The number of aryl methyl sites for hydroxylation is 2. The molecule has 6 nitrogen and oxygen atoms in total. The van der Waals surface area contributed by atoms with E-state index < -0.39 is 0 Å². The molecule has 1 atom stereocenters. The number of hydrogen-bond acceptors (Lipinski definition) is 5. The van der Waals surface area contributed by atoms with Gasteiger partial charge >= 0.3 is 0 Å². The van der Waals surface area contributed by atoms with Crippen molar-refractivity contribution in [2.24, 2.45) is 5.92 Å². The summed E-state index contributed by atoms with van der Waals surface area (Å²) >= 11 is 3.27. The molecule has 0 bridgehead atoms. The minimum absolute atomic E-state index is 0.0321. The zero-order valence-corrected chi connectivity index (χ0v) is 23.8. The number of nitrogens with zero attached hydrogens (tertiary/aromatic N) is 3. The van der Waals surface area contributed by atoms with E-state index in [0.717, 1.165) is 28.1 Å². The van der Waals surface area contributed by atoms with Gasteiger partial charge in [0.1, 0.15) is 12.4 Å². The van der Waals surface area contributed by atoms with Gasteiger partial charge in [0.2, 0.25) is 11.8 Å². The van der Waals surface area contributed by atoms with Crippen molar-refractivity contribution >= 4 is 40.7 Å². The van der Waals surface area contributed by atoms with Crippen LogP contribution >= 0.6 is 23.1 Å². The monoisotopic (exact) mass is 524 g/mol. The number of carbonyl (C=O) groups excluding carboxylic acids is 2. The fraction of sp³-hybridized carbons (Fsp3) is 0.464. The molecular weight excluding hydrogens is 488 g/mol. The maximum Gasteiger partial charge on any atom is 0.240 e. The van der Waals surface area contributed by atoms with Crippen molar-refractivity contribution in [3.05, 3.63) is 63.0 Å². The van der Waals surface area contributed by atoms with Gasteiger partial charge < -0.3 is 5.32 Å². The van der Waals surface area contributed by atoms with Crippen LogP contribution in [0.3, 0.4) is 0 Å². The van der Waals surface area contributed by atoms with Crippen molar-refractivity contribution in [1.82, 2.24) is 15.1 Å². The predicted molar refractivity (Wildman–Crippen MR) is 151 cm³/mol. The first-order valence-corrected chi connectivity index (χ1v) is 14.4. The highest BCUT2D eigenvalue weighted by Gasteiger charge is 2.40. The van der Waals surface area contributed by atoms with Crippen LogP contribution in [0.4, 0.5) is 5.82 Å². The average molecular weight is 525 g/mol. The number of fused-ring (bicyclic) bond motifs is 1. The molecule has 1 unspecified atom stereocenters. The van der Waals surface area contributed by atoms with Crippen LogP contribution in [0, 0.1) is 19.8 Å². The fourth-order valence-corrected chi connectivity index (χ4v) is 6.45. The third-order valence-electron chi connectivity index (χ3n) is 6.24. The molecule has 2 amide bonds. The van der Waals surface area contributed by atoms with E-state index in [4.69, 9.17) is 5.10 Å². The number of thioether (sulfide) groups is 1. The van der Waals surface area contributed by atoms with E-state index in [-0.39, 0.29) is 29.0 Å². The minimum Gasteiger partial charge on any atom is -0.354 e. The number of thiophene rings is 1. The van der Waals surface area contributed by atoms with Gasteiger partial charge in [-0.1, -0.05) is 52.3 Å². The zero-order valence-electron chi connectivity index (χ0n) is 22.2. The lowest BCUT2D eigenvalue weighted by Gasteiger charge is -2.24. The zero-order chi connectivity index (χ0) is 26.2. The number of rotatable bonds is 6. The van der Waals surface area contributed by atoms with Crippen molar-refractivity contribution in [2.45, 2.75) is 59.1 Å². The summed E-state index contributed by atoms with van der Waals surface area (Å²) in [6.07, 6.45) is 0. The molecule has 1 N–H and O–H groups in total. The van der Waals surface area contributed by atoms with Crippen LogP contribution in [0.2, 0.25) is 0 Å². The molecule has 0 radical (unpaired) electrons. The number of hydrogen-bond donors (Lipinski definition) is 1. The van der Waals surface area contributed by atoms with Crippen LogP contribution in [0.15, 0.2) is 35.0 Å². The summed E-state index contributed by atoms with van der Waals surface area (Å²) in [6, 6.07) is 8.38. The first-order valence-electron chi connectivity index (χ1n) is 12.4. The highest BCUT2D eigenvalue weighted by atomic mass is 32.2. The number of amides is 2. The molecule has 8 heteroatoms. The Labute approximate surface area is 222 Å². The normalized spacial score (nSPS) is 16.3. The van der Waals surface area contributed by atoms with Crippen molar-refractivity contribution in [3.8, 4) is 5.69 Å². The average Bonchev–Trinajstić information content (AvgIpc) is 3.42. The minimum atomic E-state index is -0.262. The first kappa shape index (κ1) is 26.5. The summed E-state index contributed by atoms with van der Waals surface area (Å²) < 4.78 is 1.91. The van der Waals surface area contributed by atoms with Crippen molar-refractivity contribution in [1.29, 1.82) is 0 Å². The third-order valence-corrected chi connectivity index (χ3v) is 8.19. The largest absolute Gasteiger partial charge is 0.354 e. The van der Waals surface area contributed by atoms with Crippen LogP contribution in [-0.2, 0) is 15.0 Å². The Morgan fingerprint density at radius 2 is 1.97 bits per heavy atom. The maximum absolute atomic E-state index is 13.6. The van der Waals surface area contributed by atoms with Gasteiger partial charge in [-0.2, -0.15) is 16.4 Å². The molecule has 36 heavy (non-hydrogen) atoms. The molecule has 0 spiro atoms. The molecule has 1 aliphatic rings. The standard InChI is InChI=1S/C28H36N4O2S2/c1-17(2)13-29-22(33)14-31-23(34)16-36-25(20-10-11-35-15-20)24-26(28(5,6)7)30-32(27(24)31)21-9-8-18(3)12-19(21)4/h8-12,15,17,25H,13-14,16H2,1-7H3,(H,29,33). The van der Waals surface area contributed by atoms with E-state index in [1.165, 1.54) is 5.56 Å². The Bertz CT molecular complexity index is 1260. The van der Waals surface area contributed by atoms with E-state index in [1.807, 2.05) is 4.68 Å². The van der Waals surface area contributed by atoms with Gasteiger partial charge in [0.25, 0.3) is 0 Å². The maximum atomic E-state index is 13.6. The van der Waals surface area contributed by atoms with Crippen LogP contribution in [0.1, 0.15) is 67.8 Å². The second-order valence-electron chi connectivity index (χ2n) is 11.0. The lowest BCUT2D eigenvalue weighted by molar-refractivity contribution is -0.123. The Morgan fingerprint density at radius 3 is 2.58 bits per heavy atom. The summed E-state index contributed by atoms with van der Waals surface area (Å²) in [5, 5.41) is 12.3. The van der Waals surface area contributed by atoms with Crippen molar-refractivity contribution in [2.75, 3.05) is 23.7 Å². The fourth-order valence-electron chi connectivity index (χ4n) is 4.49. The Kier molecular flexibility index (Phi) is 7.67. The SMILES string of the molecule is Cc1ccc(-n2nc(C(C)(C)C)c3c2N(CC(=O)NCC(C)C)C(=O)CSC3c2ccsc2)c(C)c1. The number of benzene rings is 1. The molecule has 0 saturated heterocycles. The van der Waals surface area contributed by atoms with Crippen LogP contribution in [0.25, 0.3) is 5.69 Å². The predicted octanol–water partition coefficient (Wildman–Crippen LogP) is 5.79. The molecule has 3 heterocycles. The molecule has 192 valence electrons. The molecule has 2 aromatic heterocycles. The second-order valence-corrected chi connectivity index (χ2v) is 12.8. The lowest BCUT2D eigenvalue weighted by atomic mass is 9.87. The Hall–Kier alpha value is -2.58. The van der Waals surface area contributed by atoms with Gasteiger partial charge in [0.05, 0.1) is 22.4 Å². The van der Waals surface area contributed by atoms with Gasteiger partial charge in [0, 0.05) is 17.5 Å². The molecule has 3 aromatic rings. The van der Waals surface area contributed by atoms with Gasteiger partial charge in [-0.15, -0.1) is 11.8 Å². The first-order chi connectivity index (χ1) is 17.0. The lowest BCUT2D eigenvalue weighted by Crippen LogP contribution is -2.43. The van der Waals surface area contributed by atoms with Gasteiger partial charge in [-0.25, -0.2) is 4.68 Å². The van der Waals surface area contributed by atoms with E-state index >= 15 is 0 Å². The molecule has 1 aliphatic heterocycles. The smallest absolute Gasteiger partial charge is 0.240 e. The molecular formula is C28H36N4O2S2. The summed E-state index contributed by atoms with van der Waals surface area (Å²) in [6.45, 7) is 15.3. The molecule has 0 saturated carbocycles. The molecule has 4 rings (SSSR count). The summed E-state index contributed by atoms with van der Waals surface area (Å²) in [5.41, 5.74) is 6.03. The molecule has 0 fully saturated rings. The third kappa shape index (κ3) is 5.39. The Morgan fingerprint density at radius 1 is 1.22 bits per heavy atom. The summed E-state index contributed by atoms with van der Waals surface area (Å²) in [7, 11) is 0. The second kappa shape index (κ2) is 10.4. The van der Waals surface area contributed by atoms with Crippen LogP contribution < -0.4 is 10.2 Å². The number of aromatic nitrogens is 2. The van der Waals surface area contributed by atoms with E-state index in [1.54, 1.807) is 28.0 Å². The van der Waals surface area contributed by atoms with Gasteiger partial charge in [0.15, 0.2) is 0 Å². The highest BCUT2D eigenvalue weighted by molar-refractivity contribution is 8.00. The topological polar surface area (TPSA) is 67.2 Å². The van der Waals surface area contributed by atoms with Gasteiger partial charge in [-0.05, 0) is 53.8 Å². The molecule has 0 aliphatic carbocycles. The quantitative estimate of drug-likeness (QED) is 0.443. The number of anilines is 1. The van der Waals surface area contributed by atoms with E-state index in [2.05, 4.69) is 88.8 Å². The van der Waals surface area contributed by atoms with Crippen molar-refractivity contribution in [3.63, 3.8) is 0 Å². The summed E-state index contributed by atoms with van der Waals surface area (Å²) in [5.74, 6) is 1.09. The van der Waals surface area contributed by atoms with Crippen LogP contribution in [-0.4, -0.2) is 40.4 Å². The van der Waals surface area contributed by atoms with Gasteiger partial charge in [-0.3, -0.25) is 14.5 Å². The molecule has 1 aromatic carbocycles. The van der Waals surface area contributed by atoms with E-state index in [9.17, 15) is 9.59 Å². The number of carbonyl (C=O) groups is 2. The Balaban J connectivity index is 1.97. The van der Waals surface area contributed by atoms with Crippen molar-refractivity contribution < 1.29 is 9.59 Å².